The zero-order chi connectivity index (χ0) is 20.5. The van der Waals surface area contributed by atoms with Crippen LogP contribution in [0.15, 0.2) is 64.5 Å². The highest BCUT2D eigenvalue weighted by molar-refractivity contribution is 9.10. The molecule has 4 rings (SSSR count). The number of nitrogens with zero attached hydrogens (tertiary/aromatic N) is 3. The lowest BCUT2D eigenvalue weighted by Gasteiger charge is -2.26. The molecule has 0 fully saturated rings. The molecule has 0 spiro atoms. The highest BCUT2D eigenvalue weighted by Gasteiger charge is 2.37. The van der Waals surface area contributed by atoms with Gasteiger partial charge in [-0.05, 0) is 44.2 Å². The van der Waals surface area contributed by atoms with Gasteiger partial charge in [0.15, 0.2) is 0 Å². The van der Waals surface area contributed by atoms with Crippen LogP contribution in [0.4, 0.5) is 0 Å². The molecule has 0 amide bonds. The van der Waals surface area contributed by atoms with Gasteiger partial charge < -0.3 is 15.2 Å². The van der Waals surface area contributed by atoms with E-state index in [0.29, 0.717) is 23.8 Å². The van der Waals surface area contributed by atoms with E-state index in [1.807, 2.05) is 62.4 Å². The van der Waals surface area contributed by atoms with E-state index in [1.54, 1.807) is 4.68 Å². The standard InChI is InChI=1S/C22H19BrN4O2/c1-3-28-18-10-9-14(23)11-16(18)20-17(12-24)21(25)29-22-19(20)13(2)26-27(22)15-7-5-4-6-8-15/h4-11,20H,3,25H2,1-2H3/t20-/m0/s1. The molecule has 146 valence electrons. The van der Waals surface area contributed by atoms with Gasteiger partial charge in [-0.2, -0.15) is 10.4 Å². The van der Waals surface area contributed by atoms with Gasteiger partial charge in [-0.3, -0.25) is 0 Å². The first kappa shape index (κ1) is 19.1. The van der Waals surface area contributed by atoms with Crippen molar-refractivity contribution in [1.29, 1.82) is 5.26 Å². The van der Waals surface area contributed by atoms with Gasteiger partial charge in [0.25, 0.3) is 0 Å². The fourth-order valence-electron chi connectivity index (χ4n) is 3.60. The van der Waals surface area contributed by atoms with Gasteiger partial charge in [0.2, 0.25) is 11.8 Å². The summed E-state index contributed by atoms with van der Waals surface area (Å²) in [5, 5.41) is 14.6. The van der Waals surface area contributed by atoms with E-state index in [-0.39, 0.29) is 5.88 Å². The number of hydrogen-bond donors (Lipinski definition) is 1. The average Bonchev–Trinajstić information content (AvgIpc) is 3.05. The summed E-state index contributed by atoms with van der Waals surface area (Å²) in [4.78, 5) is 0. The van der Waals surface area contributed by atoms with Gasteiger partial charge in [0.05, 0.1) is 29.5 Å². The van der Waals surface area contributed by atoms with Crippen LogP contribution in [0, 0.1) is 18.3 Å². The number of nitrogens with two attached hydrogens (primary N) is 1. The summed E-state index contributed by atoms with van der Waals surface area (Å²) in [6.07, 6.45) is 0. The zero-order valence-corrected chi connectivity index (χ0v) is 17.6. The number of para-hydroxylation sites is 1. The summed E-state index contributed by atoms with van der Waals surface area (Å²) in [5.41, 5.74) is 9.78. The predicted molar refractivity (Wildman–Crippen MR) is 113 cm³/mol. The van der Waals surface area contributed by atoms with Gasteiger partial charge >= 0.3 is 0 Å². The van der Waals surface area contributed by atoms with E-state index < -0.39 is 5.92 Å². The molecule has 29 heavy (non-hydrogen) atoms. The van der Waals surface area contributed by atoms with E-state index in [1.165, 1.54) is 0 Å². The lowest BCUT2D eigenvalue weighted by atomic mass is 9.83. The van der Waals surface area contributed by atoms with Crippen molar-refractivity contribution in [3.8, 4) is 23.4 Å². The number of halogens is 1. The van der Waals surface area contributed by atoms with Crippen LogP contribution in [0.2, 0.25) is 0 Å². The van der Waals surface area contributed by atoms with Crippen LogP contribution < -0.4 is 15.2 Å². The first-order valence-electron chi connectivity index (χ1n) is 9.19. The fourth-order valence-corrected chi connectivity index (χ4v) is 3.98. The molecule has 1 aliphatic heterocycles. The van der Waals surface area contributed by atoms with E-state index in [4.69, 9.17) is 15.2 Å². The third kappa shape index (κ3) is 3.26. The van der Waals surface area contributed by atoms with Crippen LogP contribution >= 0.6 is 15.9 Å². The van der Waals surface area contributed by atoms with Gasteiger partial charge in [-0.1, -0.05) is 34.1 Å². The lowest BCUT2D eigenvalue weighted by Crippen LogP contribution is -2.22. The number of aromatic nitrogens is 2. The van der Waals surface area contributed by atoms with Crippen molar-refractivity contribution in [2.45, 2.75) is 19.8 Å². The summed E-state index contributed by atoms with van der Waals surface area (Å²) in [6, 6.07) is 17.7. The molecular formula is C22H19BrN4O2. The fraction of sp³-hybridized carbons (Fsp3) is 0.182. The molecule has 3 aromatic rings. The number of hydrogen-bond acceptors (Lipinski definition) is 5. The summed E-state index contributed by atoms with van der Waals surface area (Å²) >= 11 is 3.53. The van der Waals surface area contributed by atoms with E-state index in [9.17, 15) is 5.26 Å². The Bertz CT molecular complexity index is 1150. The number of fused-ring (bicyclic) bond motifs is 1. The van der Waals surface area contributed by atoms with Crippen molar-refractivity contribution >= 4 is 15.9 Å². The number of allylic oxidation sites excluding steroid dienone is 1. The van der Waals surface area contributed by atoms with E-state index in [0.717, 1.165) is 27.0 Å². The molecular weight excluding hydrogens is 432 g/mol. The normalized spacial score (nSPS) is 15.4. The SMILES string of the molecule is CCOc1ccc(Br)cc1[C@H]1C(C#N)=C(N)Oc2c1c(C)nn2-c1ccccc1. The Labute approximate surface area is 177 Å². The molecule has 0 saturated carbocycles. The highest BCUT2D eigenvalue weighted by atomic mass is 79.9. The molecule has 2 heterocycles. The predicted octanol–water partition coefficient (Wildman–Crippen LogP) is 4.56. The number of aryl methyl sites for hydroxylation is 1. The topological polar surface area (TPSA) is 86.1 Å². The molecule has 0 unspecified atom stereocenters. The van der Waals surface area contributed by atoms with Crippen molar-refractivity contribution in [2.24, 2.45) is 5.73 Å². The first-order chi connectivity index (χ1) is 14.0. The minimum atomic E-state index is -0.444. The van der Waals surface area contributed by atoms with Gasteiger partial charge in [0, 0.05) is 10.0 Å². The number of rotatable bonds is 4. The van der Waals surface area contributed by atoms with Crippen LogP contribution in [0.1, 0.15) is 29.7 Å². The summed E-state index contributed by atoms with van der Waals surface area (Å²) in [7, 11) is 0. The Balaban J connectivity index is 1.99. The number of nitriles is 1. The summed E-state index contributed by atoms with van der Waals surface area (Å²) in [6.45, 7) is 4.34. The van der Waals surface area contributed by atoms with Crippen LogP contribution in [0.3, 0.4) is 0 Å². The Morgan fingerprint density at radius 3 is 2.72 bits per heavy atom. The molecule has 2 N–H and O–H groups in total. The van der Waals surface area contributed by atoms with Crippen molar-refractivity contribution in [2.75, 3.05) is 6.61 Å². The third-order valence-electron chi connectivity index (χ3n) is 4.82. The largest absolute Gasteiger partial charge is 0.494 e. The quantitative estimate of drug-likeness (QED) is 0.629. The summed E-state index contributed by atoms with van der Waals surface area (Å²) < 4.78 is 14.4. The Morgan fingerprint density at radius 2 is 2.03 bits per heavy atom. The van der Waals surface area contributed by atoms with Gasteiger partial charge in [-0.15, -0.1) is 0 Å². The van der Waals surface area contributed by atoms with Crippen molar-refractivity contribution < 1.29 is 9.47 Å². The van der Waals surface area contributed by atoms with Crippen molar-refractivity contribution in [3.05, 3.63) is 81.3 Å². The molecule has 6 nitrogen and oxygen atoms in total. The minimum absolute atomic E-state index is 0.0736. The molecule has 0 bridgehead atoms. The smallest absolute Gasteiger partial charge is 0.229 e. The lowest BCUT2D eigenvalue weighted by molar-refractivity contribution is 0.333. The Morgan fingerprint density at radius 1 is 1.28 bits per heavy atom. The maximum absolute atomic E-state index is 9.88. The minimum Gasteiger partial charge on any atom is -0.494 e. The molecule has 1 aromatic heterocycles. The zero-order valence-electron chi connectivity index (χ0n) is 16.0. The van der Waals surface area contributed by atoms with Crippen molar-refractivity contribution in [3.63, 3.8) is 0 Å². The molecule has 7 heteroatoms. The van der Waals surface area contributed by atoms with Gasteiger partial charge in [-0.25, -0.2) is 4.68 Å². The van der Waals surface area contributed by atoms with E-state index >= 15 is 0 Å². The highest BCUT2D eigenvalue weighted by Crippen LogP contribution is 2.47. The Kier molecular flexibility index (Phi) is 5.03. The molecule has 2 aromatic carbocycles. The molecule has 0 saturated heterocycles. The number of ether oxygens (including phenoxy) is 2. The first-order valence-corrected chi connectivity index (χ1v) is 9.99. The number of benzene rings is 2. The van der Waals surface area contributed by atoms with Crippen LogP contribution in [-0.4, -0.2) is 16.4 Å². The third-order valence-corrected chi connectivity index (χ3v) is 5.31. The second kappa shape index (κ2) is 7.64. The summed E-state index contributed by atoms with van der Waals surface area (Å²) in [5.74, 6) is 0.836. The second-order valence-electron chi connectivity index (χ2n) is 6.59. The van der Waals surface area contributed by atoms with Crippen LogP contribution in [0.25, 0.3) is 5.69 Å². The maximum atomic E-state index is 9.88. The monoisotopic (exact) mass is 450 g/mol. The Hall–Kier alpha value is -3.24. The van der Waals surface area contributed by atoms with Crippen LogP contribution in [0.5, 0.6) is 11.6 Å². The molecule has 0 aliphatic carbocycles. The molecule has 1 aliphatic rings. The molecule has 0 radical (unpaired) electrons. The van der Waals surface area contributed by atoms with Gasteiger partial charge in [0.1, 0.15) is 17.4 Å². The van der Waals surface area contributed by atoms with Crippen LogP contribution in [-0.2, 0) is 0 Å². The van der Waals surface area contributed by atoms with Crippen molar-refractivity contribution in [1.82, 2.24) is 9.78 Å². The second-order valence-corrected chi connectivity index (χ2v) is 7.51. The maximum Gasteiger partial charge on any atom is 0.229 e. The van der Waals surface area contributed by atoms with E-state index in [2.05, 4.69) is 27.1 Å². The molecule has 1 atom stereocenters. The average molecular weight is 451 g/mol.